The molecule has 0 radical (unpaired) electrons. The van der Waals surface area contributed by atoms with E-state index in [0.29, 0.717) is 11.8 Å². The fraction of sp³-hybridized carbons (Fsp3) is 0.273. The summed E-state index contributed by atoms with van der Waals surface area (Å²) in [6.07, 6.45) is 3.05. The van der Waals surface area contributed by atoms with E-state index in [1.54, 1.807) is 0 Å². The van der Waals surface area contributed by atoms with Gasteiger partial charge in [0.25, 0.3) is 0 Å². The van der Waals surface area contributed by atoms with Crippen molar-refractivity contribution >= 4 is 23.0 Å². The van der Waals surface area contributed by atoms with Gasteiger partial charge in [0.2, 0.25) is 5.89 Å². The number of fused-ring (bicyclic) bond motifs is 1. The molecule has 6 aromatic rings. The molecule has 5 aromatic carbocycles. The first-order chi connectivity index (χ1) is 22.3. The molecule has 1 heterocycles. The monoisotopic (exact) mass is 618 g/mol. The van der Waals surface area contributed by atoms with E-state index >= 15 is 0 Å². The first-order valence-electron chi connectivity index (χ1n) is 16.7. The van der Waals surface area contributed by atoms with Gasteiger partial charge >= 0.3 is 0 Å². The van der Waals surface area contributed by atoms with Crippen LogP contribution < -0.4 is 0 Å². The van der Waals surface area contributed by atoms with Gasteiger partial charge in [-0.15, -0.1) is 0 Å². The molecule has 3 heteroatoms. The summed E-state index contributed by atoms with van der Waals surface area (Å²) in [5.74, 6) is 1.20. The molecule has 1 aromatic heterocycles. The summed E-state index contributed by atoms with van der Waals surface area (Å²) < 4.78 is 6.39. The molecule has 0 saturated heterocycles. The van der Waals surface area contributed by atoms with Crippen molar-refractivity contribution in [3.05, 3.63) is 131 Å². The molecule has 0 spiro atoms. The standard InChI is InChI=1S/C44H46N2O/c1-29(2)23-30-13-11-14-34(24-30)32-19-21-33(22-20-32)37-16-12-18-40-41(37)46-42(47-40)38-15-9-10-17-39(38)45-28-31-25-35(43(3,4)5)27-36(26-31)44(6,7)8/h9-22,24-29H,23H2,1-8H3. The Hall–Kier alpha value is -4.76. The molecule has 0 aliphatic rings. The highest BCUT2D eigenvalue weighted by Gasteiger charge is 2.21. The zero-order valence-electron chi connectivity index (χ0n) is 29.1. The molecule has 47 heavy (non-hydrogen) atoms. The fourth-order valence-corrected chi connectivity index (χ4v) is 5.99. The van der Waals surface area contributed by atoms with Crippen molar-refractivity contribution in [2.24, 2.45) is 10.9 Å². The number of oxazole rings is 1. The van der Waals surface area contributed by atoms with Crippen LogP contribution in [0.4, 0.5) is 5.69 Å². The number of hydrogen-bond donors (Lipinski definition) is 0. The lowest BCUT2D eigenvalue weighted by atomic mass is 9.79. The zero-order valence-corrected chi connectivity index (χ0v) is 29.1. The number of benzene rings is 5. The Morgan fingerprint density at radius 3 is 1.98 bits per heavy atom. The summed E-state index contributed by atoms with van der Waals surface area (Å²) in [4.78, 5) is 10.0. The quantitative estimate of drug-likeness (QED) is 0.167. The molecule has 0 bridgehead atoms. The molecular weight excluding hydrogens is 572 g/mol. The second kappa shape index (κ2) is 12.8. The third-order valence-electron chi connectivity index (χ3n) is 8.69. The molecule has 0 amide bonds. The Morgan fingerprint density at radius 1 is 0.660 bits per heavy atom. The molecular formula is C44H46N2O. The van der Waals surface area contributed by atoms with E-state index in [1.807, 2.05) is 42.6 Å². The van der Waals surface area contributed by atoms with Gasteiger partial charge in [0, 0.05) is 11.8 Å². The number of para-hydroxylation sites is 2. The summed E-state index contributed by atoms with van der Waals surface area (Å²) in [5.41, 5.74) is 13.1. The number of nitrogens with zero attached hydrogens (tertiary/aromatic N) is 2. The molecule has 0 aliphatic carbocycles. The molecule has 0 N–H and O–H groups in total. The Bertz CT molecular complexity index is 2010. The van der Waals surface area contributed by atoms with Crippen molar-refractivity contribution in [3.8, 4) is 33.7 Å². The highest BCUT2D eigenvalue weighted by molar-refractivity contribution is 5.93. The highest BCUT2D eigenvalue weighted by atomic mass is 16.3. The van der Waals surface area contributed by atoms with Crippen LogP contribution in [0.15, 0.2) is 119 Å². The maximum Gasteiger partial charge on any atom is 0.229 e. The van der Waals surface area contributed by atoms with Crippen LogP contribution in [0, 0.1) is 5.92 Å². The van der Waals surface area contributed by atoms with Crippen LogP contribution in [-0.4, -0.2) is 11.2 Å². The van der Waals surface area contributed by atoms with Gasteiger partial charge in [0.05, 0.1) is 11.3 Å². The van der Waals surface area contributed by atoms with E-state index in [9.17, 15) is 0 Å². The second-order valence-corrected chi connectivity index (χ2v) is 15.2. The van der Waals surface area contributed by atoms with E-state index in [-0.39, 0.29) is 10.8 Å². The topological polar surface area (TPSA) is 38.4 Å². The molecule has 6 rings (SSSR count). The minimum atomic E-state index is 0.0382. The maximum atomic E-state index is 6.39. The van der Waals surface area contributed by atoms with Gasteiger partial charge < -0.3 is 4.42 Å². The van der Waals surface area contributed by atoms with E-state index in [2.05, 4.69) is 128 Å². The Balaban J connectivity index is 1.33. The first-order valence-corrected chi connectivity index (χ1v) is 16.7. The molecule has 0 fully saturated rings. The van der Waals surface area contributed by atoms with E-state index in [1.165, 1.54) is 27.8 Å². The number of aliphatic imine (C=N–C) groups is 1. The van der Waals surface area contributed by atoms with E-state index in [4.69, 9.17) is 14.4 Å². The Labute approximate surface area is 280 Å². The lowest BCUT2D eigenvalue weighted by Crippen LogP contribution is -2.17. The van der Waals surface area contributed by atoms with Crippen LogP contribution in [0.3, 0.4) is 0 Å². The van der Waals surface area contributed by atoms with E-state index < -0.39 is 0 Å². The fourth-order valence-electron chi connectivity index (χ4n) is 5.99. The molecule has 0 saturated carbocycles. The lowest BCUT2D eigenvalue weighted by molar-refractivity contribution is 0.568. The van der Waals surface area contributed by atoms with Crippen LogP contribution in [0.5, 0.6) is 0 Å². The number of rotatable bonds is 7. The molecule has 0 unspecified atom stereocenters. The van der Waals surface area contributed by atoms with Crippen LogP contribution in [0.25, 0.3) is 44.8 Å². The Morgan fingerprint density at radius 2 is 1.30 bits per heavy atom. The summed E-state index contributed by atoms with van der Waals surface area (Å²) in [7, 11) is 0. The lowest BCUT2D eigenvalue weighted by Gasteiger charge is -2.25. The van der Waals surface area contributed by atoms with Gasteiger partial charge in [-0.1, -0.05) is 134 Å². The number of hydrogen-bond acceptors (Lipinski definition) is 3. The number of aromatic nitrogens is 1. The minimum absolute atomic E-state index is 0.0382. The average molecular weight is 619 g/mol. The predicted molar refractivity (Wildman–Crippen MR) is 200 cm³/mol. The third-order valence-corrected chi connectivity index (χ3v) is 8.69. The van der Waals surface area contributed by atoms with Gasteiger partial charge in [0.15, 0.2) is 5.58 Å². The van der Waals surface area contributed by atoms with Crippen LogP contribution in [-0.2, 0) is 17.3 Å². The molecule has 0 aliphatic heterocycles. The largest absolute Gasteiger partial charge is 0.436 e. The van der Waals surface area contributed by atoms with Crippen molar-refractivity contribution < 1.29 is 4.42 Å². The van der Waals surface area contributed by atoms with Gasteiger partial charge in [0.1, 0.15) is 5.52 Å². The predicted octanol–water partition coefficient (Wildman–Crippen LogP) is 12.4. The van der Waals surface area contributed by atoms with Gasteiger partial charge in [-0.05, 0) is 92.4 Å². The maximum absolute atomic E-state index is 6.39. The first kappa shape index (κ1) is 32.2. The van der Waals surface area contributed by atoms with Crippen molar-refractivity contribution in [2.75, 3.05) is 0 Å². The smallest absolute Gasteiger partial charge is 0.229 e. The van der Waals surface area contributed by atoms with Crippen molar-refractivity contribution in [1.29, 1.82) is 0 Å². The third kappa shape index (κ3) is 7.30. The molecule has 238 valence electrons. The average Bonchev–Trinajstić information content (AvgIpc) is 3.47. The van der Waals surface area contributed by atoms with Crippen LogP contribution in [0.2, 0.25) is 0 Å². The van der Waals surface area contributed by atoms with E-state index in [0.717, 1.165) is 45.5 Å². The summed E-state index contributed by atoms with van der Waals surface area (Å²) in [6.45, 7) is 18.1. The van der Waals surface area contributed by atoms with Crippen molar-refractivity contribution in [2.45, 2.75) is 72.6 Å². The summed E-state index contributed by atoms with van der Waals surface area (Å²) >= 11 is 0. The SMILES string of the molecule is CC(C)Cc1cccc(-c2ccc(-c3cccc4oc(-c5ccccc5N=Cc5cc(C(C)(C)C)cc(C(C)(C)C)c5)nc34)cc2)c1. The van der Waals surface area contributed by atoms with Gasteiger partial charge in [-0.25, -0.2) is 4.98 Å². The summed E-state index contributed by atoms with van der Waals surface area (Å²) in [6, 6.07) is 38.7. The second-order valence-electron chi connectivity index (χ2n) is 15.2. The Kier molecular flexibility index (Phi) is 8.76. The van der Waals surface area contributed by atoms with Gasteiger partial charge in [-0.2, -0.15) is 0 Å². The van der Waals surface area contributed by atoms with Crippen LogP contribution >= 0.6 is 0 Å². The van der Waals surface area contributed by atoms with Crippen LogP contribution in [0.1, 0.15) is 77.6 Å². The van der Waals surface area contributed by atoms with Crippen molar-refractivity contribution in [3.63, 3.8) is 0 Å². The molecule has 0 atom stereocenters. The minimum Gasteiger partial charge on any atom is -0.436 e. The van der Waals surface area contributed by atoms with Gasteiger partial charge in [-0.3, -0.25) is 4.99 Å². The summed E-state index contributed by atoms with van der Waals surface area (Å²) in [5, 5.41) is 0. The highest BCUT2D eigenvalue weighted by Crippen LogP contribution is 2.37. The van der Waals surface area contributed by atoms with Crippen molar-refractivity contribution in [1.82, 2.24) is 4.98 Å². The normalized spacial score (nSPS) is 12.4. The molecule has 3 nitrogen and oxygen atoms in total. The zero-order chi connectivity index (χ0) is 33.3.